The lowest BCUT2D eigenvalue weighted by molar-refractivity contribution is -0.125. The number of amides is 2. The molecule has 2 atom stereocenters. The zero-order valence-corrected chi connectivity index (χ0v) is 24.1. The number of fused-ring (bicyclic) bond motifs is 3. The van der Waals surface area contributed by atoms with Gasteiger partial charge in [0.2, 0.25) is 15.9 Å². The highest BCUT2D eigenvalue weighted by atomic mass is 35.5. The molecule has 3 aliphatic heterocycles. The quantitative estimate of drug-likeness (QED) is 0.476. The minimum Gasteiger partial charge on any atom is -0.368 e. The SMILES string of the molecule is CC1C(C(N)=O)N(C(=O)c2ccc3c(n2)C2=C(NCC=C2)N(C)C3)CCN1S(=O)(=O)c1ccc2cc(Cl)ccc2c1. The highest BCUT2D eigenvalue weighted by Gasteiger charge is 2.45. The average molecular weight is 593 g/mol. The molecule has 10 nitrogen and oxygen atoms in total. The Hall–Kier alpha value is -3.93. The van der Waals surface area contributed by atoms with Crippen LogP contribution in [0.5, 0.6) is 0 Å². The number of piperazine rings is 1. The van der Waals surface area contributed by atoms with Gasteiger partial charge in [0.15, 0.2) is 0 Å². The van der Waals surface area contributed by atoms with Crippen molar-refractivity contribution < 1.29 is 18.0 Å². The molecule has 2 unspecified atom stereocenters. The van der Waals surface area contributed by atoms with Gasteiger partial charge in [0.25, 0.3) is 5.91 Å². The van der Waals surface area contributed by atoms with Gasteiger partial charge >= 0.3 is 0 Å². The van der Waals surface area contributed by atoms with Gasteiger partial charge in [-0.25, -0.2) is 13.4 Å². The number of nitrogens with zero attached hydrogens (tertiary/aromatic N) is 4. The zero-order valence-electron chi connectivity index (χ0n) is 22.5. The fourth-order valence-corrected chi connectivity index (χ4v) is 7.75. The van der Waals surface area contributed by atoms with Crippen molar-refractivity contribution in [3.63, 3.8) is 0 Å². The minimum absolute atomic E-state index is 0.00459. The van der Waals surface area contributed by atoms with Gasteiger partial charge in [-0.1, -0.05) is 42.0 Å². The number of carbonyl (C=O) groups excluding carboxylic acids is 2. The molecule has 1 aromatic heterocycles. The van der Waals surface area contributed by atoms with E-state index < -0.39 is 33.9 Å². The largest absolute Gasteiger partial charge is 0.368 e. The standard InChI is InChI=1S/C29H29ClN6O4S/c1-17-26(27(31)37)35(12-13-36(17)41(39,40)22-9-6-18-14-21(30)8-5-19(18)15-22)29(38)24-10-7-20-16-34(2)28-23(25(20)33-24)4-3-11-32-28/h3-10,14-15,17,26,32H,11-13,16H2,1-2H3,(H2,31,37). The van der Waals surface area contributed by atoms with Crippen LogP contribution in [-0.4, -0.2) is 78.1 Å². The second kappa shape index (κ2) is 10.2. The summed E-state index contributed by atoms with van der Waals surface area (Å²) in [6, 6.07) is 11.4. The summed E-state index contributed by atoms with van der Waals surface area (Å²) < 4.78 is 28.8. The Morgan fingerprint density at radius 1 is 1.07 bits per heavy atom. The summed E-state index contributed by atoms with van der Waals surface area (Å²) in [5, 5.41) is 5.43. The van der Waals surface area contributed by atoms with E-state index in [4.69, 9.17) is 22.3 Å². The molecule has 3 aromatic rings. The highest BCUT2D eigenvalue weighted by molar-refractivity contribution is 7.89. The fraction of sp³-hybridized carbons (Fsp3) is 0.276. The van der Waals surface area contributed by atoms with Crippen molar-refractivity contribution in [2.45, 2.75) is 30.4 Å². The molecule has 1 saturated heterocycles. The van der Waals surface area contributed by atoms with Gasteiger partial charge in [-0.15, -0.1) is 0 Å². The van der Waals surface area contributed by atoms with E-state index in [1.165, 1.54) is 15.3 Å². The lowest BCUT2D eigenvalue weighted by Crippen LogP contribution is -2.65. The van der Waals surface area contributed by atoms with Crippen LogP contribution in [0.15, 0.2) is 71.4 Å². The number of allylic oxidation sites excluding steroid dienone is 2. The molecule has 0 aliphatic carbocycles. The predicted octanol–water partition coefficient (Wildman–Crippen LogP) is 2.55. The molecule has 0 saturated carbocycles. The van der Waals surface area contributed by atoms with Crippen molar-refractivity contribution in [1.82, 2.24) is 24.4 Å². The molecule has 3 aliphatic rings. The molecule has 0 bridgehead atoms. The molecule has 1 fully saturated rings. The second-order valence-corrected chi connectivity index (χ2v) is 12.8. The highest BCUT2D eigenvalue weighted by Crippen LogP contribution is 2.32. The fourth-order valence-electron chi connectivity index (χ4n) is 5.90. The molecular weight excluding hydrogens is 564 g/mol. The summed E-state index contributed by atoms with van der Waals surface area (Å²) in [5.41, 5.74) is 8.53. The normalized spacial score (nSPS) is 21.0. The Labute approximate surface area is 243 Å². The van der Waals surface area contributed by atoms with Crippen molar-refractivity contribution in [2.24, 2.45) is 5.73 Å². The van der Waals surface area contributed by atoms with Gasteiger partial charge in [-0.05, 0) is 53.6 Å². The number of aromatic nitrogens is 1. The Morgan fingerprint density at radius 3 is 2.61 bits per heavy atom. The summed E-state index contributed by atoms with van der Waals surface area (Å²) >= 11 is 6.07. The van der Waals surface area contributed by atoms with Crippen LogP contribution in [0.4, 0.5) is 0 Å². The van der Waals surface area contributed by atoms with E-state index in [1.807, 2.05) is 25.3 Å². The number of primary amides is 1. The molecule has 6 rings (SSSR count). The van der Waals surface area contributed by atoms with Crippen molar-refractivity contribution in [1.29, 1.82) is 0 Å². The summed E-state index contributed by atoms with van der Waals surface area (Å²) in [4.78, 5) is 34.8. The first-order chi connectivity index (χ1) is 19.6. The maximum absolute atomic E-state index is 13.8. The number of pyridine rings is 1. The average Bonchev–Trinajstić information content (AvgIpc) is 2.96. The molecule has 4 heterocycles. The number of hydrogen-bond donors (Lipinski definition) is 2. The number of nitrogens with two attached hydrogens (primary N) is 1. The lowest BCUT2D eigenvalue weighted by Gasteiger charge is -2.43. The van der Waals surface area contributed by atoms with Crippen molar-refractivity contribution in [3.05, 3.63) is 88.5 Å². The number of rotatable bonds is 4. The van der Waals surface area contributed by atoms with E-state index in [1.54, 1.807) is 43.3 Å². The molecule has 41 heavy (non-hydrogen) atoms. The van der Waals surface area contributed by atoms with E-state index in [0.717, 1.165) is 22.3 Å². The third kappa shape index (κ3) is 4.63. The van der Waals surface area contributed by atoms with E-state index in [-0.39, 0.29) is 23.7 Å². The molecule has 0 radical (unpaired) electrons. The first kappa shape index (κ1) is 27.3. The monoisotopic (exact) mass is 592 g/mol. The van der Waals surface area contributed by atoms with Crippen LogP contribution in [0.2, 0.25) is 5.02 Å². The zero-order chi connectivity index (χ0) is 29.1. The predicted molar refractivity (Wildman–Crippen MR) is 156 cm³/mol. The third-order valence-electron chi connectivity index (χ3n) is 7.91. The summed E-state index contributed by atoms with van der Waals surface area (Å²) in [5.74, 6) is -0.323. The first-order valence-electron chi connectivity index (χ1n) is 13.2. The maximum Gasteiger partial charge on any atom is 0.273 e. The van der Waals surface area contributed by atoms with Gasteiger partial charge in [0.1, 0.15) is 17.6 Å². The second-order valence-electron chi connectivity index (χ2n) is 10.5. The van der Waals surface area contributed by atoms with Gasteiger partial charge < -0.3 is 20.9 Å². The summed E-state index contributed by atoms with van der Waals surface area (Å²) in [7, 11) is -2.02. The molecule has 0 spiro atoms. The van der Waals surface area contributed by atoms with E-state index in [0.29, 0.717) is 29.2 Å². The Morgan fingerprint density at radius 2 is 1.83 bits per heavy atom. The van der Waals surface area contributed by atoms with E-state index >= 15 is 0 Å². The minimum atomic E-state index is -4.01. The van der Waals surface area contributed by atoms with Gasteiger partial charge in [0, 0.05) is 43.8 Å². The Balaban J connectivity index is 1.30. The van der Waals surface area contributed by atoms with Crippen molar-refractivity contribution >= 4 is 49.8 Å². The van der Waals surface area contributed by atoms with Crippen LogP contribution in [0.3, 0.4) is 0 Å². The van der Waals surface area contributed by atoms with Crippen LogP contribution in [0, 0.1) is 0 Å². The number of carbonyl (C=O) groups is 2. The molecular formula is C29H29ClN6O4S. The number of benzene rings is 2. The molecule has 3 N–H and O–H groups in total. The first-order valence-corrected chi connectivity index (χ1v) is 15.1. The van der Waals surface area contributed by atoms with Crippen molar-refractivity contribution in [3.8, 4) is 0 Å². The third-order valence-corrected chi connectivity index (χ3v) is 10.1. The molecule has 2 aromatic carbocycles. The Kier molecular flexibility index (Phi) is 6.75. The van der Waals surface area contributed by atoms with E-state index in [2.05, 4.69) is 10.2 Å². The van der Waals surface area contributed by atoms with Crippen LogP contribution in [0.1, 0.15) is 28.7 Å². The summed E-state index contributed by atoms with van der Waals surface area (Å²) in [6.45, 7) is 2.91. The molecule has 212 valence electrons. The topological polar surface area (TPSA) is 129 Å². The smallest absolute Gasteiger partial charge is 0.273 e. The van der Waals surface area contributed by atoms with Crippen LogP contribution in [-0.2, 0) is 21.4 Å². The number of halogens is 1. The summed E-state index contributed by atoms with van der Waals surface area (Å²) in [6.07, 6.45) is 3.98. The van der Waals surface area contributed by atoms with Gasteiger partial charge in [0.05, 0.1) is 16.6 Å². The number of nitrogens with one attached hydrogen (secondary N) is 1. The van der Waals surface area contributed by atoms with Crippen LogP contribution >= 0.6 is 11.6 Å². The van der Waals surface area contributed by atoms with E-state index in [9.17, 15) is 18.0 Å². The number of sulfonamides is 1. The number of hydrogen-bond acceptors (Lipinski definition) is 7. The van der Waals surface area contributed by atoms with Gasteiger partial charge in [-0.2, -0.15) is 4.31 Å². The van der Waals surface area contributed by atoms with Gasteiger partial charge in [-0.3, -0.25) is 9.59 Å². The Bertz CT molecular complexity index is 1770. The van der Waals surface area contributed by atoms with Crippen LogP contribution < -0.4 is 11.1 Å². The molecule has 12 heteroatoms. The van der Waals surface area contributed by atoms with Crippen LogP contribution in [0.25, 0.3) is 16.3 Å². The number of dihydropyridines is 1. The van der Waals surface area contributed by atoms with Crippen molar-refractivity contribution in [2.75, 3.05) is 26.7 Å². The lowest BCUT2D eigenvalue weighted by atomic mass is 9.98. The molecule has 2 amide bonds. The maximum atomic E-state index is 13.8.